The lowest BCUT2D eigenvalue weighted by Gasteiger charge is -2.38. The van der Waals surface area contributed by atoms with E-state index < -0.39 is 0 Å². The Morgan fingerprint density at radius 1 is 1.32 bits per heavy atom. The van der Waals surface area contributed by atoms with Gasteiger partial charge in [-0.15, -0.1) is 0 Å². The highest BCUT2D eigenvalue weighted by molar-refractivity contribution is 5.76. The van der Waals surface area contributed by atoms with E-state index in [0.29, 0.717) is 18.9 Å². The van der Waals surface area contributed by atoms with Crippen LogP contribution in [0.5, 0.6) is 0 Å². The summed E-state index contributed by atoms with van der Waals surface area (Å²) in [5, 5.41) is 15.9. The Balaban J connectivity index is 0.000000858. The van der Waals surface area contributed by atoms with Crippen LogP contribution < -0.4 is 0 Å². The number of carbonyl (C=O) groups excluding carboxylic acids is 1. The first-order valence-electron chi connectivity index (χ1n) is 10.2. The number of rotatable bonds is 5. The predicted octanol–water partition coefficient (Wildman–Crippen LogP) is 2.18. The van der Waals surface area contributed by atoms with Gasteiger partial charge in [0.15, 0.2) is 11.6 Å². The lowest BCUT2D eigenvalue weighted by atomic mass is 9.95. The maximum absolute atomic E-state index is 13.1. The van der Waals surface area contributed by atoms with Crippen LogP contribution in [0.4, 0.5) is 0 Å². The van der Waals surface area contributed by atoms with E-state index >= 15 is 0 Å². The zero-order valence-corrected chi connectivity index (χ0v) is 17.9. The molecule has 3 aromatic heterocycles. The van der Waals surface area contributed by atoms with Crippen molar-refractivity contribution in [3.8, 4) is 11.4 Å². The van der Waals surface area contributed by atoms with E-state index in [9.17, 15) is 4.79 Å². The van der Waals surface area contributed by atoms with E-state index in [1.165, 1.54) is 0 Å². The molecule has 10 nitrogen and oxygen atoms in total. The smallest absolute Gasteiger partial charge is 0.290 e. The van der Waals surface area contributed by atoms with Crippen molar-refractivity contribution in [2.24, 2.45) is 5.92 Å². The first-order valence-corrected chi connectivity index (χ1v) is 10.2. The van der Waals surface area contributed by atoms with E-state index in [2.05, 4.69) is 29.0 Å². The third kappa shape index (κ3) is 4.96. The van der Waals surface area contributed by atoms with Crippen molar-refractivity contribution >= 4 is 12.4 Å². The average molecular weight is 425 g/mol. The Morgan fingerprint density at radius 2 is 2.10 bits per heavy atom. The number of hydrogen-bond acceptors (Lipinski definition) is 6. The van der Waals surface area contributed by atoms with Crippen LogP contribution in [0.15, 0.2) is 36.8 Å². The van der Waals surface area contributed by atoms with Gasteiger partial charge in [0.1, 0.15) is 6.54 Å². The predicted molar refractivity (Wildman–Crippen MR) is 113 cm³/mol. The van der Waals surface area contributed by atoms with Crippen molar-refractivity contribution in [3.63, 3.8) is 0 Å². The molecule has 0 aromatic carbocycles. The van der Waals surface area contributed by atoms with E-state index in [1.54, 1.807) is 17.1 Å². The van der Waals surface area contributed by atoms with Crippen LogP contribution >= 0.6 is 0 Å². The fraction of sp³-hybridized carbons (Fsp3) is 0.429. The summed E-state index contributed by atoms with van der Waals surface area (Å²) in [6, 6.07) is 5.65. The van der Waals surface area contributed by atoms with Gasteiger partial charge in [0.25, 0.3) is 6.47 Å². The third-order valence-electron chi connectivity index (χ3n) is 5.35. The van der Waals surface area contributed by atoms with E-state index in [1.807, 2.05) is 40.9 Å². The summed E-state index contributed by atoms with van der Waals surface area (Å²) < 4.78 is 3.65. The minimum atomic E-state index is -0.250. The molecule has 0 unspecified atom stereocenters. The lowest BCUT2D eigenvalue weighted by Crippen LogP contribution is -2.46. The summed E-state index contributed by atoms with van der Waals surface area (Å²) in [4.78, 5) is 32.4. The van der Waals surface area contributed by atoms with Gasteiger partial charge in [-0.1, -0.05) is 20.3 Å². The van der Waals surface area contributed by atoms with Crippen LogP contribution in [-0.2, 0) is 22.7 Å². The highest BCUT2D eigenvalue weighted by Gasteiger charge is 2.36. The van der Waals surface area contributed by atoms with Crippen molar-refractivity contribution < 1.29 is 14.7 Å². The van der Waals surface area contributed by atoms with Crippen molar-refractivity contribution in [1.29, 1.82) is 0 Å². The molecule has 2 atom stereocenters. The van der Waals surface area contributed by atoms with Crippen LogP contribution in [0.1, 0.15) is 37.8 Å². The van der Waals surface area contributed by atoms with Gasteiger partial charge in [0, 0.05) is 30.7 Å². The highest BCUT2D eigenvalue weighted by atomic mass is 16.3. The highest BCUT2D eigenvalue weighted by Crippen LogP contribution is 2.34. The molecule has 164 valence electrons. The second-order valence-corrected chi connectivity index (χ2v) is 7.44. The molecule has 0 bridgehead atoms. The van der Waals surface area contributed by atoms with Crippen molar-refractivity contribution in [2.75, 3.05) is 6.54 Å². The fourth-order valence-corrected chi connectivity index (χ4v) is 3.68. The Kier molecular flexibility index (Phi) is 7.11. The van der Waals surface area contributed by atoms with Gasteiger partial charge < -0.3 is 10.0 Å². The number of pyridine rings is 1. The van der Waals surface area contributed by atoms with Gasteiger partial charge in [0.2, 0.25) is 5.91 Å². The lowest BCUT2D eigenvalue weighted by molar-refractivity contribution is -0.137. The van der Waals surface area contributed by atoms with Crippen LogP contribution in [0.25, 0.3) is 11.4 Å². The number of aromatic nitrogens is 6. The summed E-state index contributed by atoms with van der Waals surface area (Å²) in [6.07, 6.45) is 6.30. The number of fused-ring (bicyclic) bond motifs is 1. The Hall–Kier alpha value is -3.56. The summed E-state index contributed by atoms with van der Waals surface area (Å²) in [5.41, 5.74) is 1.79. The number of carbonyl (C=O) groups is 2. The first kappa shape index (κ1) is 22.1. The van der Waals surface area contributed by atoms with Gasteiger partial charge in [-0.25, -0.2) is 9.67 Å². The number of carboxylic acid groups (broad SMARTS) is 1. The van der Waals surface area contributed by atoms with Crippen LogP contribution in [-0.4, -0.2) is 58.5 Å². The zero-order chi connectivity index (χ0) is 22.4. The van der Waals surface area contributed by atoms with Crippen molar-refractivity contribution in [3.05, 3.63) is 48.3 Å². The summed E-state index contributed by atoms with van der Waals surface area (Å²) in [6.45, 7) is 7.48. The van der Waals surface area contributed by atoms with Gasteiger partial charge in [-0.3, -0.25) is 19.3 Å². The normalized spacial score (nSPS) is 16.1. The largest absolute Gasteiger partial charge is 0.483 e. The molecule has 1 amide bonds. The molecule has 0 fully saturated rings. The fourth-order valence-electron chi connectivity index (χ4n) is 3.68. The molecule has 0 radical (unpaired) electrons. The Bertz CT molecular complexity index is 1020. The van der Waals surface area contributed by atoms with Crippen molar-refractivity contribution in [2.45, 2.75) is 46.3 Å². The minimum absolute atomic E-state index is 0.0607. The molecule has 0 saturated carbocycles. The monoisotopic (exact) mass is 425 g/mol. The maximum atomic E-state index is 13.1. The number of aryl methyl sites for hydroxylation is 1. The van der Waals surface area contributed by atoms with Crippen LogP contribution in [0, 0.1) is 12.8 Å². The van der Waals surface area contributed by atoms with E-state index in [-0.39, 0.29) is 30.9 Å². The molecular formula is C21H27N7O3. The number of hydrogen-bond donors (Lipinski definition) is 1. The average Bonchev–Trinajstić information content (AvgIpc) is 3.39. The minimum Gasteiger partial charge on any atom is -0.483 e. The number of amides is 1. The zero-order valence-electron chi connectivity index (χ0n) is 17.9. The molecule has 1 N–H and O–H groups in total. The van der Waals surface area contributed by atoms with Crippen LogP contribution in [0.3, 0.4) is 0 Å². The third-order valence-corrected chi connectivity index (χ3v) is 5.35. The molecular weight excluding hydrogens is 398 g/mol. The molecule has 3 aromatic rings. The second kappa shape index (κ2) is 9.96. The second-order valence-electron chi connectivity index (χ2n) is 7.44. The molecule has 1 aliphatic rings. The Labute approximate surface area is 180 Å². The number of nitrogens with zero attached hydrogens (tertiary/aromatic N) is 7. The molecule has 0 spiro atoms. The summed E-state index contributed by atoms with van der Waals surface area (Å²) >= 11 is 0. The van der Waals surface area contributed by atoms with E-state index in [0.717, 1.165) is 23.5 Å². The quantitative estimate of drug-likeness (QED) is 0.622. The summed E-state index contributed by atoms with van der Waals surface area (Å²) in [5.74, 6) is 1.84. The topological polar surface area (TPSA) is 119 Å². The molecule has 10 heteroatoms. The van der Waals surface area contributed by atoms with Gasteiger partial charge >= 0.3 is 0 Å². The molecule has 31 heavy (non-hydrogen) atoms. The van der Waals surface area contributed by atoms with Gasteiger partial charge in [0.05, 0.1) is 18.3 Å². The maximum Gasteiger partial charge on any atom is 0.290 e. The van der Waals surface area contributed by atoms with Gasteiger partial charge in [-0.2, -0.15) is 10.2 Å². The van der Waals surface area contributed by atoms with Crippen molar-refractivity contribution in [1.82, 2.24) is 34.4 Å². The molecule has 0 saturated heterocycles. The van der Waals surface area contributed by atoms with E-state index in [4.69, 9.17) is 14.9 Å². The van der Waals surface area contributed by atoms with Crippen LogP contribution in [0.2, 0.25) is 0 Å². The standard InChI is InChI=1S/C20H25N7O.CH2O2/c1-4-14(2)18-20-22-19(16-6-5-8-21-12-16)24-27(20)11-10-26(18)17(28)13-25-9-7-15(3)23-25;2-1-3/h5-9,12,14,18H,4,10-11,13H2,1-3H3;1H,(H,2,3)/t14-,18-;/m0./s1. The molecule has 1 aliphatic heterocycles. The summed E-state index contributed by atoms with van der Waals surface area (Å²) in [7, 11) is 0. The molecule has 0 aliphatic carbocycles. The van der Waals surface area contributed by atoms with Gasteiger partial charge in [-0.05, 0) is 31.0 Å². The molecule has 4 heterocycles. The Morgan fingerprint density at radius 3 is 2.71 bits per heavy atom. The SMILES string of the molecule is CC[C@H](C)[C@H]1c2nc(-c3cccnc3)nn2CCN1C(=O)Cn1ccc(C)n1.O=CO. The molecule has 4 rings (SSSR count). The first-order chi connectivity index (χ1) is 15.0.